The van der Waals surface area contributed by atoms with Gasteiger partial charge in [-0.15, -0.1) is 0 Å². The second-order valence-electron chi connectivity index (χ2n) is 1.56. The number of methoxy groups -OCH3 is 1. The first-order chi connectivity index (χ1) is 3.31. The minimum absolute atomic E-state index is 0.366. The van der Waals surface area contributed by atoms with Crippen molar-refractivity contribution in [3.05, 3.63) is 7.05 Å². The third-order valence-corrected chi connectivity index (χ3v) is 0.765. The van der Waals surface area contributed by atoms with Gasteiger partial charge in [-0.1, -0.05) is 0 Å². The highest BCUT2D eigenvalue weighted by molar-refractivity contribution is 4.54. The van der Waals surface area contributed by atoms with E-state index >= 15 is 0 Å². The molecule has 0 fully saturated rings. The van der Waals surface area contributed by atoms with E-state index in [1.165, 1.54) is 0 Å². The van der Waals surface area contributed by atoms with E-state index in [4.69, 9.17) is 4.74 Å². The molecule has 0 aliphatic carbocycles. The molecule has 1 unspecified atom stereocenters. The van der Waals surface area contributed by atoms with E-state index < -0.39 is 0 Å². The second-order valence-corrected chi connectivity index (χ2v) is 1.56. The molecule has 0 heterocycles. The molecule has 1 atom stereocenters. The molecule has 0 bridgehead atoms. The van der Waals surface area contributed by atoms with E-state index in [9.17, 15) is 0 Å². The summed E-state index contributed by atoms with van der Waals surface area (Å²) in [6.45, 7) is 2.74. The Labute approximate surface area is 44.9 Å². The van der Waals surface area contributed by atoms with Crippen LogP contribution in [0.1, 0.15) is 6.92 Å². The summed E-state index contributed by atoms with van der Waals surface area (Å²) in [5.41, 5.74) is 0. The molecule has 0 saturated heterocycles. The third kappa shape index (κ3) is 3.76. The molecule has 0 spiro atoms. The molecule has 43 valence electrons. The fraction of sp³-hybridized carbons (Fsp3) is 0.800. The molecule has 0 saturated carbocycles. The van der Waals surface area contributed by atoms with Crippen molar-refractivity contribution in [2.75, 3.05) is 13.7 Å². The molecule has 2 nitrogen and oxygen atoms in total. The van der Waals surface area contributed by atoms with Crippen LogP contribution in [0.25, 0.3) is 0 Å². The fourth-order valence-corrected chi connectivity index (χ4v) is 0.309. The van der Waals surface area contributed by atoms with E-state index in [1.54, 1.807) is 7.11 Å². The fourth-order valence-electron chi connectivity index (χ4n) is 0.309. The summed E-state index contributed by atoms with van der Waals surface area (Å²) < 4.78 is 4.79. The summed E-state index contributed by atoms with van der Waals surface area (Å²) in [5, 5.41) is 2.79. The van der Waals surface area contributed by atoms with Crippen molar-refractivity contribution in [3.8, 4) is 0 Å². The summed E-state index contributed by atoms with van der Waals surface area (Å²) in [4.78, 5) is 0. The van der Waals surface area contributed by atoms with Gasteiger partial charge in [0.1, 0.15) is 0 Å². The highest BCUT2D eigenvalue weighted by Gasteiger charge is 1.91. The van der Waals surface area contributed by atoms with Gasteiger partial charge in [0, 0.05) is 20.2 Å². The Balaban J connectivity index is 2.83. The lowest BCUT2D eigenvalue weighted by atomic mass is 10.4. The molecule has 0 amide bonds. The highest BCUT2D eigenvalue weighted by atomic mass is 16.5. The zero-order chi connectivity index (χ0) is 5.70. The smallest absolute Gasteiger partial charge is 0.0613 e. The third-order valence-electron chi connectivity index (χ3n) is 0.765. The van der Waals surface area contributed by atoms with Crippen molar-refractivity contribution in [1.29, 1.82) is 0 Å². The van der Waals surface area contributed by atoms with Crippen LogP contribution in [0.15, 0.2) is 0 Å². The average Bonchev–Trinajstić information content (AvgIpc) is 1.68. The van der Waals surface area contributed by atoms with Crippen LogP contribution in [0, 0.1) is 7.05 Å². The zero-order valence-electron chi connectivity index (χ0n) is 4.90. The molecular formula is C5H12NO. The minimum Gasteiger partial charge on any atom is -0.383 e. The molecular weight excluding hydrogens is 90.1 g/mol. The first-order valence-corrected chi connectivity index (χ1v) is 2.32. The van der Waals surface area contributed by atoms with E-state index in [0.29, 0.717) is 6.04 Å². The molecule has 0 aromatic carbocycles. The summed E-state index contributed by atoms with van der Waals surface area (Å²) in [5.74, 6) is 0. The Morgan fingerprint density at radius 1 is 1.86 bits per heavy atom. The molecule has 0 aliphatic rings. The average molecular weight is 102 g/mol. The molecule has 0 aromatic rings. The molecule has 1 radical (unpaired) electrons. The Morgan fingerprint density at radius 2 is 2.43 bits per heavy atom. The van der Waals surface area contributed by atoms with Gasteiger partial charge in [0.05, 0.1) is 6.61 Å². The van der Waals surface area contributed by atoms with Gasteiger partial charge in [-0.2, -0.15) is 0 Å². The van der Waals surface area contributed by atoms with Gasteiger partial charge >= 0.3 is 0 Å². The monoisotopic (exact) mass is 102 g/mol. The van der Waals surface area contributed by atoms with Gasteiger partial charge in [0.15, 0.2) is 0 Å². The Kier molecular flexibility index (Phi) is 4.04. The summed E-state index contributed by atoms with van der Waals surface area (Å²) in [6, 6.07) is 0.366. The Hall–Kier alpha value is -0.0800. The largest absolute Gasteiger partial charge is 0.383 e. The van der Waals surface area contributed by atoms with Crippen molar-refractivity contribution in [1.82, 2.24) is 5.32 Å². The van der Waals surface area contributed by atoms with Crippen molar-refractivity contribution in [2.45, 2.75) is 13.0 Å². The minimum atomic E-state index is 0.366. The van der Waals surface area contributed by atoms with Gasteiger partial charge < -0.3 is 10.1 Å². The van der Waals surface area contributed by atoms with Crippen molar-refractivity contribution < 1.29 is 4.74 Å². The lowest BCUT2D eigenvalue weighted by Crippen LogP contribution is -2.23. The van der Waals surface area contributed by atoms with Crippen molar-refractivity contribution in [2.24, 2.45) is 0 Å². The lowest BCUT2D eigenvalue weighted by Gasteiger charge is -2.05. The van der Waals surface area contributed by atoms with E-state index in [1.807, 2.05) is 6.92 Å². The van der Waals surface area contributed by atoms with Crippen LogP contribution in [0.5, 0.6) is 0 Å². The molecule has 0 aromatic heterocycles. The molecule has 0 aliphatic heterocycles. The normalized spacial score (nSPS) is 14.1. The molecule has 1 N–H and O–H groups in total. The van der Waals surface area contributed by atoms with Crippen LogP contribution in [0.4, 0.5) is 0 Å². The van der Waals surface area contributed by atoms with Crippen LogP contribution < -0.4 is 5.32 Å². The number of nitrogens with one attached hydrogen (secondary N) is 1. The molecule has 7 heavy (non-hydrogen) atoms. The first kappa shape index (κ1) is 6.92. The number of hydrogen-bond acceptors (Lipinski definition) is 2. The van der Waals surface area contributed by atoms with Crippen LogP contribution in [-0.4, -0.2) is 19.8 Å². The SMILES string of the molecule is [CH2]NC(C)COC. The van der Waals surface area contributed by atoms with Gasteiger partial charge in [-0.25, -0.2) is 0 Å². The summed E-state index contributed by atoms with van der Waals surface area (Å²) in [6.07, 6.45) is 0. The number of hydrogen-bond donors (Lipinski definition) is 1. The van der Waals surface area contributed by atoms with Gasteiger partial charge in [-0.05, 0) is 6.92 Å². The van der Waals surface area contributed by atoms with Crippen LogP contribution >= 0.6 is 0 Å². The van der Waals surface area contributed by atoms with Gasteiger partial charge in [0.25, 0.3) is 0 Å². The second kappa shape index (κ2) is 4.09. The topological polar surface area (TPSA) is 21.3 Å². The lowest BCUT2D eigenvalue weighted by molar-refractivity contribution is 0.177. The molecule has 0 rings (SSSR count). The number of rotatable bonds is 3. The maximum Gasteiger partial charge on any atom is 0.0613 e. The van der Waals surface area contributed by atoms with Gasteiger partial charge in [-0.3, -0.25) is 0 Å². The Morgan fingerprint density at radius 3 is 2.57 bits per heavy atom. The predicted octanol–water partition coefficient (Wildman–Crippen LogP) is 0.402. The summed E-state index contributed by atoms with van der Waals surface area (Å²) >= 11 is 0. The first-order valence-electron chi connectivity index (χ1n) is 2.32. The van der Waals surface area contributed by atoms with Crippen LogP contribution in [0.2, 0.25) is 0 Å². The highest BCUT2D eigenvalue weighted by Crippen LogP contribution is 1.77. The van der Waals surface area contributed by atoms with E-state index in [0.717, 1.165) is 6.61 Å². The van der Waals surface area contributed by atoms with Crippen LogP contribution in [0.3, 0.4) is 0 Å². The van der Waals surface area contributed by atoms with E-state index in [2.05, 4.69) is 12.4 Å². The maximum atomic E-state index is 4.79. The van der Waals surface area contributed by atoms with Crippen molar-refractivity contribution in [3.63, 3.8) is 0 Å². The summed E-state index contributed by atoms with van der Waals surface area (Å²) in [7, 11) is 5.15. The Bertz CT molecular complexity index is 39.1. The van der Waals surface area contributed by atoms with Crippen LogP contribution in [-0.2, 0) is 4.74 Å². The van der Waals surface area contributed by atoms with E-state index in [-0.39, 0.29) is 0 Å². The maximum absolute atomic E-state index is 4.79. The quantitative estimate of drug-likeness (QED) is 0.557. The van der Waals surface area contributed by atoms with Gasteiger partial charge in [0.2, 0.25) is 0 Å². The molecule has 2 heteroatoms. The predicted molar refractivity (Wildman–Crippen MR) is 29.8 cm³/mol. The number of ether oxygens (including phenoxy) is 1. The zero-order valence-corrected chi connectivity index (χ0v) is 4.90. The standard InChI is InChI=1S/C5H12NO/c1-5(6-2)4-7-3/h5-6H,2,4H2,1,3H3. The van der Waals surface area contributed by atoms with Crippen molar-refractivity contribution >= 4 is 0 Å².